The second-order valence-electron chi connectivity index (χ2n) is 6.45. The van der Waals surface area contributed by atoms with Crippen molar-refractivity contribution in [3.8, 4) is 0 Å². The van der Waals surface area contributed by atoms with E-state index in [0.29, 0.717) is 19.3 Å². The molecule has 1 aliphatic carbocycles. The molecule has 1 aliphatic rings. The second kappa shape index (κ2) is 8.54. The number of carbonyl (C=O) groups is 1. The number of alkyl halides is 3. The van der Waals surface area contributed by atoms with Gasteiger partial charge in [-0.3, -0.25) is 4.79 Å². The lowest BCUT2D eigenvalue weighted by atomic mass is 9.78. The Hall–Kier alpha value is -1.79. The fourth-order valence-electron chi connectivity index (χ4n) is 3.41. The second-order valence-corrected chi connectivity index (χ2v) is 6.45. The molecule has 1 aromatic heterocycles. The van der Waals surface area contributed by atoms with Crippen molar-refractivity contribution in [2.45, 2.75) is 52.3 Å². The summed E-state index contributed by atoms with van der Waals surface area (Å²) in [5, 5.41) is 2.65. The molecule has 140 valence electrons. The van der Waals surface area contributed by atoms with Gasteiger partial charge in [-0.25, -0.2) is 4.98 Å². The molecule has 1 fully saturated rings. The molecule has 1 saturated carbocycles. The first-order chi connectivity index (χ1) is 11.9. The van der Waals surface area contributed by atoms with E-state index >= 15 is 0 Å². The van der Waals surface area contributed by atoms with Crippen LogP contribution >= 0.6 is 0 Å². The fourth-order valence-corrected chi connectivity index (χ4v) is 3.41. The average molecular weight is 357 g/mol. The molecular weight excluding hydrogens is 331 g/mol. The van der Waals surface area contributed by atoms with Crippen molar-refractivity contribution in [1.29, 1.82) is 0 Å². The Morgan fingerprint density at radius 2 is 1.92 bits per heavy atom. The topological polar surface area (TPSA) is 45.2 Å². The number of carbonyl (C=O) groups excluding carboxylic acids is 1. The van der Waals surface area contributed by atoms with Crippen molar-refractivity contribution in [1.82, 2.24) is 10.3 Å². The monoisotopic (exact) mass is 357 g/mol. The predicted octanol–water partition coefficient (Wildman–Crippen LogP) is 3.91. The number of hydrogen-bond acceptors (Lipinski definition) is 3. The van der Waals surface area contributed by atoms with Crippen LogP contribution in [0.2, 0.25) is 0 Å². The van der Waals surface area contributed by atoms with Crippen LogP contribution in [0.15, 0.2) is 18.3 Å². The first-order valence-corrected chi connectivity index (χ1v) is 8.91. The highest BCUT2D eigenvalue weighted by atomic mass is 19.4. The Morgan fingerprint density at radius 1 is 1.24 bits per heavy atom. The molecule has 0 saturated heterocycles. The Bertz CT molecular complexity index is 556. The summed E-state index contributed by atoms with van der Waals surface area (Å²) in [5.41, 5.74) is 0.781. The SMILES string of the molecule is CCN(CC)c1ccc(CNC(=O)C2CCCCC2C(F)(F)F)cn1. The lowest BCUT2D eigenvalue weighted by molar-refractivity contribution is -0.198. The molecule has 2 atom stereocenters. The molecule has 4 nitrogen and oxygen atoms in total. The molecule has 0 aliphatic heterocycles. The highest BCUT2D eigenvalue weighted by molar-refractivity contribution is 5.79. The summed E-state index contributed by atoms with van der Waals surface area (Å²) in [6, 6.07) is 3.72. The van der Waals surface area contributed by atoms with Crippen LogP contribution in [0.1, 0.15) is 45.1 Å². The Labute approximate surface area is 146 Å². The molecule has 0 bridgehead atoms. The van der Waals surface area contributed by atoms with Crippen LogP contribution in [0.25, 0.3) is 0 Å². The van der Waals surface area contributed by atoms with Gasteiger partial charge in [0.15, 0.2) is 0 Å². The van der Waals surface area contributed by atoms with Gasteiger partial charge in [0.2, 0.25) is 5.91 Å². The summed E-state index contributed by atoms with van der Waals surface area (Å²) in [6.45, 7) is 5.98. The van der Waals surface area contributed by atoms with Gasteiger partial charge in [0, 0.05) is 31.7 Å². The molecule has 0 spiro atoms. The van der Waals surface area contributed by atoms with Gasteiger partial charge in [-0.2, -0.15) is 13.2 Å². The molecule has 1 N–H and O–H groups in total. The van der Waals surface area contributed by atoms with Crippen LogP contribution < -0.4 is 10.2 Å². The molecule has 2 rings (SSSR count). The minimum absolute atomic E-state index is 0.0434. The molecule has 0 aromatic carbocycles. The third-order valence-corrected chi connectivity index (χ3v) is 4.89. The third-order valence-electron chi connectivity index (χ3n) is 4.89. The number of hydrogen-bond donors (Lipinski definition) is 1. The van der Waals surface area contributed by atoms with E-state index in [1.54, 1.807) is 6.20 Å². The zero-order valence-electron chi connectivity index (χ0n) is 14.8. The largest absolute Gasteiger partial charge is 0.392 e. The van der Waals surface area contributed by atoms with Gasteiger partial charge in [-0.05, 0) is 38.3 Å². The maximum Gasteiger partial charge on any atom is 0.392 e. The van der Waals surface area contributed by atoms with E-state index in [0.717, 1.165) is 24.5 Å². The van der Waals surface area contributed by atoms with Gasteiger partial charge in [0.25, 0.3) is 0 Å². The summed E-state index contributed by atoms with van der Waals surface area (Å²) in [7, 11) is 0. The maximum atomic E-state index is 13.1. The number of amides is 1. The number of nitrogens with one attached hydrogen (secondary N) is 1. The molecule has 1 heterocycles. The van der Waals surface area contributed by atoms with Crippen LogP contribution in [0, 0.1) is 11.8 Å². The van der Waals surface area contributed by atoms with Gasteiger partial charge in [0.1, 0.15) is 5.82 Å². The van der Waals surface area contributed by atoms with Crippen molar-refractivity contribution in [2.24, 2.45) is 11.8 Å². The highest BCUT2D eigenvalue weighted by Crippen LogP contribution is 2.41. The normalized spacial score (nSPS) is 21.0. The number of pyridine rings is 1. The first-order valence-electron chi connectivity index (χ1n) is 8.91. The number of anilines is 1. The Kier molecular flexibility index (Phi) is 6.67. The van der Waals surface area contributed by atoms with E-state index in [2.05, 4.69) is 15.2 Å². The summed E-state index contributed by atoms with van der Waals surface area (Å²) in [5.74, 6) is -2.15. The molecule has 2 unspecified atom stereocenters. The summed E-state index contributed by atoms with van der Waals surface area (Å²) in [4.78, 5) is 18.7. The van der Waals surface area contributed by atoms with E-state index < -0.39 is 23.9 Å². The van der Waals surface area contributed by atoms with Crippen molar-refractivity contribution in [3.05, 3.63) is 23.9 Å². The minimum Gasteiger partial charge on any atom is -0.357 e. The van der Waals surface area contributed by atoms with E-state index in [9.17, 15) is 18.0 Å². The molecule has 7 heteroatoms. The van der Waals surface area contributed by atoms with E-state index in [4.69, 9.17) is 0 Å². The highest BCUT2D eigenvalue weighted by Gasteiger charge is 2.47. The van der Waals surface area contributed by atoms with Gasteiger partial charge in [-0.15, -0.1) is 0 Å². The van der Waals surface area contributed by atoms with Crippen molar-refractivity contribution < 1.29 is 18.0 Å². The summed E-state index contributed by atoms with van der Waals surface area (Å²) < 4.78 is 39.3. The maximum absolute atomic E-state index is 13.1. The Morgan fingerprint density at radius 3 is 2.48 bits per heavy atom. The number of aromatic nitrogens is 1. The van der Waals surface area contributed by atoms with Crippen molar-refractivity contribution in [2.75, 3.05) is 18.0 Å². The lowest BCUT2D eigenvalue weighted by Gasteiger charge is -2.32. The van der Waals surface area contributed by atoms with Gasteiger partial charge >= 0.3 is 6.18 Å². The van der Waals surface area contributed by atoms with Gasteiger partial charge < -0.3 is 10.2 Å². The smallest absolute Gasteiger partial charge is 0.357 e. The standard InChI is InChI=1S/C18H26F3N3O/c1-3-24(4-2)16-10-9-13(11-22-16)12-23-17(25)14-7-5-6-8-15(14)18(19,20)21/h9-11,14-15H,3-8,12H2,1-2H3,(H,23,25). The fraction of sp³-hybridized carbons (Fsp3) is 0.667. The number of rotatable bonds is 6. The number of halogens is 3. The van der Waals surface area contributed by atoms with Crippen LogP contribution in [0.5, 0.6) is 0 Å². The molecule has 0 radical (unpaired) electrons. The van der Waals surface area contributed by atoms with Crippen LogP contribution in [-0.4, -0.2) is 30.2 Å². The Balaban J connectivity index is 1.94. The van der Waals surface area contributed by atoms with E-state index in [1.165, 1.54) is 0 Å². The van der Waals surface area contributed by atoms with Crippen LogP contribution in [0.3, 0.4) is 0 Å². The lowest BCUT2D eigenvalue weighted by Crippen LogP contribution is -2.42. The van der Waals surface area contributed by atoms with E-state index in [1.807, 2.05) is 26.0 Å². The van der Waals surface area contributed by atoms with Crippen LogP contribution in [0.4, 0.5) is 19.0 Å². The van der Waals surface area contributed by atoms with Crippen LogP contribution in [-0.2, 0) is 11.3 Å². The molecule has 1 aromatic rings. The molecule has 25 heavy (non-hydrogen) atoms. The first kappa shape index (κ1) is 19.5. The van der Waals surface area contributed by atoms with Crippen molar-refractivity contribution >= 4 is 11.7 Å². The third kappa shape index (κ3) is 5.09. The average Bonchev–Trinajstić information content (AvgIpc) is 2.61. The van der Waals surface area contributed by atoms with E-state index in [-0.39, 0.29) is 13.0 Å². The zero-order chi connectivity index (χ0) is 18.4. The quantitative estimate of drug-likeness (QED) is 0.839. The number of nitrogens with zero attached hydrogens (tertiary/aromatic N) is 2. The summed E-state index contributed by atoms with van der Waals surface area (Å²) in [6.07, 6.45) is -1.10. The van der Waals surface area contributed by atoms with Crippen molar-refractivity contribution in [3.63, 3.8) is 0 Å². The summed E-state index contributed by atoms with van der Waals surface area (Å²) >= 11 is 0. The van der Waals surface area contributed by atoms with Gasteiger partial charge in [-0.1, -0.05) is 18.9 Å². The minimum atomic E-state index is -4.31. The molecule has 1 amide bonds. The zero-order valence-corrected chi connectivity index (χ0v) is 14.8. The van der Waals surface area contributed by atoms with Gasteiger partial charge in [0.05, 0.1) is 5.92 Å². The predicted molar refractivity (Wildman–Crippen MR) is 91.1 cm³/mol. The molecular formula is C18H26F3N3O.